The maximum absolute atomic E-state index is 13.0. The largest absolute Gasteiger partial charge is 0.416 e. The van der Waals surface area contributed by atoms with E-state index in [0.29, 0.717) is 17.3 Å². The van der Waals surface area contributed by atoms with Crippen LogP contribution in [0.5, 0.6) is 0 Å². The summed E-state index contributed by atoms with van der Waals surface area (Å²) in [7, 11) is 1.49. The quantitative estimate of drug-likeness (QED) is 0.748. The normalized spacial score (nSPS) is 23.5. The molecule has 158 valence electrons. The van der Waals surface area contributed by atoms with Gasteiger partial charge in [0.15, 0.2) is 12.2 Å². The number of likely N-dealkylation sites (N-methyl/N-ethyl adjacent to an activating group) is 1. The molecule has 0 aromatic heterocycles. The van der Waals surface area contributed by atoms with Crippen molar-refractivity contribution in [1.29, 1.82) is 0 Å². The number of aliphatic imine (C=N–C) groups is 1. The first kappa shape index (κ1) is 19.9. The fourth-order valence-corrected chi connectivity index (χ4v) is 3.84. The van der Waals surface area contributed by atoms with E-state index in [2.05, 4.69) is 4.99 Å². The topological polar surface area (TPSA) is 76.5 Å². The van der Waals surface area contributed by atoms with Crippen molar-refractivity contribution in [1.82, 2.24) is 14.7 Å². The fraction of sp³-hybridized carbons (Fsp3) is 0.368. The Kier molecular flexibility index (Phi) is 4.37. The van der Waals surface area contributed by atoms with E-state index in [1.54, 1.807) is 22.9 Å². The molecular weight excluding hydrogens is 403 g/mol. The van der Waals surface area contributed by atoms with E-state index < -0.39 is 35.9 Å². The van der Waals surface area contributed by atoms with Crippen molar-refractivity contribution in [3.05, 3.63) is 41.7 Å². The summed E-state index contributed by atoms with van der Waals surface area (Å²) in [5.74, 6) is -0.544. The van der Waals surface area contributed by atoms with Gasteiger partial charge in [-0.1, -0.05) is 0 Å². The number of nitrogens with zero attached hydrogens (tertiary/aromatic N) is 5. The SMILES string of the molecule is CC(=O)CN1C(=O)C2C(N=C3N(c4ccc(C(F)(F)F)cc4)C(C)=CN32)N(C)C1=O. The number of alkyl halides is 3. The number of benzene rings is 1. The van der Waals surface area contributed by atoms with Crippen molar-refractivity contribution in [2.24, 2.45) is 4.99 Å². The molecule has 4 rings (SSSR count). The van der Waals surface area contributed by atoms with Crippen LogP contribution in [0.2, 0.25) is 0 Å². The van der Waals surface area contributed by atoms with Crippen LogP contribution in [0.15, 0.2) is 41.2 Å². The van der Waals surface area contributed by atoms with Crippen LogP contribution >= 0.6 is 0 Å². The van der Waals surface area contributed by atoms with Gasteiger partial charge >= 0.3 is 12.2 Å². The van der Waals surface area contributed by atoms with Crippen LogP contribution < -0.4 is 4.90 Å². The summed E-state index contributed by atoms with van der Waals surface area (Å²) in [5, 5.41) is 0. The van der Waals surface area contributed by atoms with Gasteiger partial charge in [0.2, 0.25) is 5.96 Å². The van der Waals surface area contributed by atoms with E-state index in [9.17, 15) is 27.6 Å². The Hall–Kier alpha value is -3.37. The fourth-order valence-electron chi connectivity index (χ4n) is 3.84. The van der Waals surface area contributed by atoms with Crippen LogP contribution in [-0.2, 0) is 15.8 Å². The highest BCUT2D eigenvalue weighted by atomic mass is 19.4. The summed E-state index contributed by atoms with van der Waals surface area (Å²) in [6.45, 7) is 2.69. The number of Topliss-reactive ketones (excluding diaryl/α,β-unsaturated/α-hetero) is 1. The molecule has 1 saturated heterocycles. The van der Waals surface area contributed by atoms with Gasteiger partial charge in [0, 0.05) is 24.6 Å². The molecule has 2 atom stereocenters. The standard InChI is InChI=1S/C19H18F3N5O3/c1-10-8-25-14-15(24(3)18(30)26(16(14)29)9-11(2)28)23-17(25)27(10)13-6-4-12(5-7-13)19(20,21)22/h4-8,14-15H,9H2,1-3H3. The third-order valence-electron chi connectivity index (χ3n) is 5.22. The molecule has 0 N–H and O–H groups in total. The van der Waals surface area contributed by atoms with Crippen molar-refractivity contribution >= 4 is 29.4 Å². The Labute approximate surface area is 169 Å². The lowest BCUT2D eigenvalue weighted by atomic mass is 10.1. The van der Waals surface area contributed by atoms with Gasteiger partial charge in [-0.05, 0) is 38.1 Å². The van der Waals surface area contributed by atoms with Crippen LogP contribution in [0.1, 0.15) is 19.4 Å². The number of urea groups is 1. The zero-order valence-corrected chi connectivity index (χ0v) is 16.3. The molecule has 0 radical (unpaired) electrons. The molecule has 1 aromatic rings. The van der Waals surface area contributed by atoms with E-state index in [-0.39, 0.29) is 12.3 Å². The second-order valence-electron chi connectivity index (χ2n) is 7.37. The van der Waals surface area contributed by atoms with Crippen molar-refractivity contribution in [3.8, 4) is 0 Å². The van der Waals surface area contributed by atoms with Gasteiger partial charge in [-0.15, -0.1) is 0 Å². The molecule has 11 heteroatoms. The van der Waals surface area contributed by atoms with Crippen LogP contribution in [0, 0.1) is 0 Å². The number of carbonyl (C=O) groups excluding carboxylic acids is 3. The Morgan fingerprint density at radius 3 is 2.37 bits per heavy atom. The van der Waals surface area contributed by atoms with E-state index in [1.807, 2.05) is 0 Å². The zero-order valence-electron chi connectivity index (χ0n) is 16.3. The van der Waals surface area contributed by atoms with Gasteiger partial charge in [-0.2, -0.15) is 13.2 Å². The number of allylic oxidation sites excluding steroid dienone is 1. The number of anilines is 1. The molecular formula is C19H18F3N5O3. The van der Waals surface area contributed by atoms with E-state index in [1.165, 1.54) is 31.0 Å². The Bertz CT molecular complexity index is 1000. The average Bonchev–Trinajstić information content (AvgIpc) is 3.17. The lowest BCUT2D eigenvalue weighted by Gasteiger charge is -2.39. The third kappa shape index (κ3) is 2.92. The maximum atomic E-state index is 13.0. The molecule has 3 aliphatic heterocycles. The molecule has 30 heavy (non-hydrogen) atoms. The molecule has 0 spiro atoms. The van der Waals surface area contributed by atoms with Crippen molar-refractivity contribution in [3.63, 3.8) is 0 Å². The van der Waals surface area contributed by atoms with Gasteiger partial charge < -0.3 is 9.80 Å². The number of guanidine groups is 1. The first-order chi connectivity index (χ1) is 14.0. The molecule has 1 fully saturated rings. The summed E-state index contributed by atoms with van der Waals surface area (Å²) in [6.07, 6.45) is -3.59. The van der Waals surface area contributed by atoms with Gasteiger partial charge in [0.1, 0.15) is 5.78 Å². The molecule has 8 nitrogen and oxygen atoms in total. The summed E-state index contributed by atoms with van der Waals surface area (Å²) >= 11 is 0. The lowest BCUT2D eigenvalue weighted by molar-refractivity contribution is -0.139. The number of hydrogen-bond donors (Lipinski definition) is 0. The Morgan fingerprint density at radius 2 is 1.80 bits per heavy atom. The van der Waals surface area contributed by atoms with Crippen molar-refractivity contribution < 1.29 is 27.6 Å². The summed E-state index contributed by atoms with van der Waals surface area (Å²) in [5.41, 5.74) is 0.322. The van der Waals surface area contributed by atoms with Crippen LogP contribution in [0.3, 0.4) is 0 Å². The zero-order chi connectivity index (χ0) is 22.0. The minimum atomic E-state index is -4.45. The summed E-state index contributed by atoms with van der Waals surface area (Å²) in [6, 6.07) is 3.13. The smallest absolute Gasteiger partial charge is 0.302 e. The van der Waals surface area contributed by atoms with Gasteiger partial charge in [0.25, 0.3) is 5.91 Å². The second kappa shape index (κ2) is 6.57. The highest BCUT2D eigenvalue weighted by Crippen LogP contribution is 2.37. The second-order valence-corrected chi connectivity index (χ2v) is 7.37. The number of fused-ring (bicyclic) bond motifs is 3. The predicted molar refractivity (Wildman–Crippen MR) is 100 cm³/mol. The minimum absolute atomic E-state index is 0.331. The molecule has 0 saturated carbocycles. The minimum Gasteiger partial charge on any atom is -0.302 e. The van der Waals surface area contributed by atoms with Crippen molar-refractivity contribution in [2.75, 3.05) is 18.5 Å². The molecule has 3 amide bonds. The third-order valence-corrected chi connectivity index (χ3v) is 5.22. The van der Waals surface area contributed by atoms with Crippen LogP contribution in [-0.4, -0.2) is 64.2 Å². The first-order valence-corrected chi connectivity index (χ1v) is 9.10. The van der Waals surface area contributed by atoms with Crippen LogP contribution in [0.25, 0.3) is 0 Å². The molecule has 2 unspecified atom stereocenters. The van der Waals surface area contributed by atoms with E-state index in [0.717, 1.165) is 17.0 Å². The van der Waals surface area contributed by atoms with E-state index >= 15 is 0 Å². The predicted octanol–water partition coefficient (Wildman–Crippen LogP) is 2.24. The van der Waals surface area contributed by atoms with Gasteiger partial charge in [-0.25, -0.2) is 9.79 Å². The summed E-state index contributed by atoms with van der Waals surface area (Å²) in [4.78, 5) is 46.9. The Balaban J connectivity index is 1.68. The number of halogens is 3. The number of imide groups is 1. The number of rotatable bonds is 3. The molecule has 1 aromatic carbocycles. The molecule has 3 aliphatic rings. The van der Waals surface area contributed by atoms with Gasteiger partial charge in [0.05, 0.1) is 12.1 Å². The number of hydrogen-bond acceptors (Lipinski definition) is 6. The van der Waals surface area contributed by atoms with E-state index in [4.69, 9.17) is 0 Å². The highest BCUT2D eigenvalue weighted by molar-refractivity contribution is 6.10. The van der Waals surface area contributed by atoms with Crippen molar-refractivity contribution in [2.45, 2.75) is 32.2 Å². The first-order valence-electron chi connectivity index (χ1n) is 9.10. The molecule has 0 bridgehead atoms. The lowest BCUT2D eigenvalue weighted by Crippen LogP contribution is -2.64. The van der Waals surface area contributed by atoms with Crippen LogP contribution in [0.4, 0.5) is 23.7 Å². The molecule has 3 heterocycles. The van der Waals surface area contributed by atoms with Gasteiger partial charge in [-0.3, -0.25) is 19.4 Å². The summed E-state index contributed by atoms with van der Waals surface area (Å²) < 4.78 is 38.6. The number of amides is 3. The number of carbonyl (C=O) groups is 3. The average molecular weight is 421 g/mol. The Morgan fingerprint density at radius 1 is 1.17 bits per heavy atom. The monoisotopic (exact) mass is 421 g/mol. The maximum Gasteiger partial charge on any atom is 0.416 e. The number of ketones is 1. The molecule has 0 aliphatic carbocycles. The highest BCUT2D eigenvalue weighted by Gasteiger charge is 2.54.